The van der Waals surface area contributed by atoms with Crippen LogP contribution in [-0.4, -0.2) is 26.8 Å². The molecular weight excluding hydrogens is 359 g/mol. The molecule has 0 bridgehead atoms. The van der Waals surface area contributed by atoms with Gasteiger partial charge in [0.25, 0.3) is 0 Å². The Morgan fingerprint density at radius 1 is 1.37 bits per heavy atom. The molecule has 2 aliphatic carbocycles. The van der Waals surface area contributed by atoms with E-state index in [1.165, 1.54) is 7.05 Å². The second-order valence-corrected chi connectivity index (χ2v) is 7.26. The van der Waals surface area contributed by atoms with Crippen LogP contribution in [0.25, 0.3) is 0 Å². The first-order valence-electron chi connectivity index (χ1n) is 8.64. The molecule has 7 nitrogen and oxygen atoms in total. The summed E-state index contributed by atoms with van der Waals surface area (Å²) >= 11 is 0. The van der Waals surface area contributed by atoms with Crippen LogP contribution in [0.3, 0.4) is 0 Å². The zero-order chi connectivity index (χ0) is 19.4. The summed E-state index contributed by atoms with van der Waals surface area (Å²) in [6.07, 6.45) is 0.782. The van der Waals surface area contributed by atoms with Gasteiger partial charge < -0.3 is 10.6 Å². The number of anilines is 3. The first-order chi connectivity index (χ1) is 12.7. The number of aromatic nitrogens is 4. The van der Waals surface area contributed by atoms with Crippen molar-refractivity contribution in [1.29, 1.82) is 5.26 Å². The van der Waals surface area contributed by atoms with Gasteiger partial charge in [-0.2, -0.15) is 28.5 Å². The molecule has 0 aromatic carbocycles. The van der Waals surface area contributed by atoms with Crippen molar-refractivity contribution in [2.24, 2.45) is 5.41 Å². The average molecular weight is 377 g/mol. The molecule has 27 heavy (non-hydrogen) atoms. The molecular formula is C17H18F3N7. The quantitative estimate of drug-likeness (QED) is 0.823. The number of nitriles is 1. The number of rotatable bonds is 5. The third kappa shape index (κ3) is 3.18. The molecule has 2 saturated carbocycles. The topological polar surface area (TPSA) is 91.5 Å². The highest BCUT2D eigenvalue weighted by atomic mass is 19.4. The number of hydrogen-bond acceptors (Lipinski definition) is 6. The van der Waals surface area contributed by atoms with E-state index in [0.29, 0.717) is 11.6 Å². The van der Waals surface area contributed by atoms with Crippen molar-refractivity contribution in [2.75, 3.05) is 17.7 Å². The van der Waals surface area contributed by atoms with Gasteiger partial charge in [-0.1, -0.05) is 0 Å². The lowest BCUT2D eigenvalue weighted by atomic mass is 10.2. The Labute approximate surface area is 153 Å². The molecule has 0 aliphatic heterocycles. The van der Waals surface area contributed by atoms with Crippen molar-refractivity contribution >= 4 is 17.5 Å². The van der Waals surface area contributed by atoms with Gasteiger partial charge in [-0.3, -0.25) is 4.68 Å². The number of nitrogens with zero attached hydrogens (tertiary/aromatic N) is 5. The maximum atomic E-state index is 13.0. The molecule has 0 amide bonds. The number of nitrogens with one attached hydrogen (secondary N) is 2. The predicted molar refractivity (Wildman–Crippen MR) is 91.4 cm³/mol. The van der Waals surface area contributed by atoms with Crippen LogP contribution in [0, 0.1) is 16.7 Å². The minimum atomic E-state index is -4.53. The van der Waals surface area contributed by atoms with Gasteiger partial charge in [-0.25, -0.2) is 4.98 Å². The molecule has 2 atom stereocenters. The largest absolute Gasteiger partial charge is 0.421 e. The molecule has 10 heteroatoms. The molecule has 2 aromatic heterocycles. The van der Waals surface area contributed by atoms with Crippen molar-refractivity contribution in [1.82, 2.24) is 19.7 Å². The summed E-state index contributed by atoms with van der Waals surface area (Å²) in [6.45, 7) is 1.89. The van der Waals surface area contributed by atoms with E-state index in [4.69, 9.17) is 0 Å². The number of hydrogen-bond donors (Lipinski definition) is 2. The molecule has 0 radical (unpaired) electrons. The lowest BCUT2D eigenvalue weighted by Crippen LogP contribution is -2.12. The summed E-state index contributed by atoms with van der Waals surface area (Å²) in [4.78, 5) is 7.76. The first kappa shape index (κ1) is 17.6. The highest BCUT2D eigenvalue weighted by Crippen LogP contribution is 2.56. The van der Waals surface area contributed by atoms with Crippen LogP contribution in [0.1, 0.15) is 49.4 Å². The molecule has 142 valence electrons. The van der Waals surface area contributed by atoms with Crippen LogP contribution < -0.4 is 10.6 Å². The predicted octanol–water partition coefficient (Wildman–Crippen LogP) is 3.83. The van der Waals surface area contributed by atoms with E-state index in [1.54, 1.807) is 10.9 Å². The second-order valence-electron chi connectivity index (χ2n) is 7.26. The van der Waals surface area contributed by atoms with E-state index >= 15 is 0 Å². The lowest BCUT2D eigenvalue weighted by molar-refractivity contribution is -0.137. The minimum absolute atomic E-state index is 0.0111. The normalized spacial score (nSPS) is 24.4. The molecule has 0 spiro atoms. The van der Waals surface area contributed by atoms with Gasteiger partial charge in [0.2, 0.25) is 5.95 Å². The molecule has 4 rings (SSSR count). The fourth-order valence-corrected chi connectivity index (χ4v) is 3.13. The summed E-state index contributed by atoms with van der Waals surface area (Å²) in [5.74, 6) is 0.0892. The average Bonchev–Trinajstić information content (AvgIpc) is 3.54. The Kier molecular flexibility index (Phi) is 3.80. The van der Waals surface area contributed by atoms with Crippen LogP contribution in [0.15, 0.2) is 12.4 Å². The van der Waals surface area contributed by atoms with E-state index < -0.39 is 17.2 Å². The van der Waals surface area contributed by atoms with Crippen LogP contribution in [0.5, 0.6) is 0 Å². The summed E-state index contributed by atoms with van der Waals surface area (Å²) < 4.78 is 40.8. The number of alkyl halides is 3. The summed E-state index contributed by atoms with van der Waals surface area (Å²) in [6, 6.07) is 2.31. The first-order valence-corrected chi connectivity index (χ1v) is 8.64. The molecule has 2 aromatic rings. The third-order valence-corrected chi connectivity index (χ3v) is 5.07. The van der Waals surface area contributed by atoms with Crippen molar-refractivity contribution in [3.05, 3.63) is 23.7 Å². The van der Waals surface area contributed by atoms with E-state index in [-0.39, 0.29) is 17.8 Å². The number of halogens is 3. The molecule has 1 unspecified atom stereocenters. The van der Waals surface area contributed by atoms with Gasteiger partial charge in [-0.15, -0.1) is 0 Å². The molecule has 2 aliphatic rings. The minimum Gasteiger partial charge on any atom is -0.372 e. The molecule has 2 heterocycles. The van der Waals surface area contributed by atoms with Gasteiger partial charge in [0.15, 0.2) is 0 Å². The fraction of sp³-hybridized carbons (Fsp3) is 0.529. The fourth-order valence-electron chi connectivity index (χ4n) is 3.13. The Hall–Kier alpha value is -2.83. The van der Waals surface area contributed by atoms with Gasteiger partial charge in [-0.05, 0) is 26.2 Å². The third-order valence-electron chi connectivity index (χ3n) is 5.07. The van der Waals surface area contributed by atoms with Crippen molar-refractivity contribution < 1.29 is 13.2 Å². The molecule has 0 saturated heterocycles. The van der Waals surface area contributed by atoms with Gasteiger partial charge in [0, 0.05) is 25.4 Å². The Bertz CT molecular complexity index is 926. The SMILES string of the molecule is CNc1nc(Nc2cn([C@H]3CC3(C)C#N)nc2C2CC2)ncc1C(F)(F)F. The van der Waals surface area contributed by atoms with E-state index in [2.05, 4.69) is 31.8 Å². The lowest BCUT2D eigenvalue weighted by Gasteiger charge is -2.12. The summed E-state index contributed by atoms with van der Waals surface area (Å²) in [5, 5.41) is 19.3. The van der Waals surface area contributed by atoms with E-state index in [9.17, 15) is 18.4 Å². The monoisotopic (exact) mass is 377 g/mol. The van der Waals surface area contributed by atoms with Crippen LogP contribution in [0.2, 0.25) is 0 Å². The summed E-state index contributed by atoms with van der Waals surface area (Å²) in [7, 11) is 1.38. The van der Waals surface area contributed by atoms with E-state index in [1.807, 2.05) is 6.92 Å². The van der Waals surface area contributed by atoms with Crippen molar-refractivity contribution in [3.63, 3.8) is 0 Å². The highest BCUT2D eigenvalue weighted by molar-refractivity contribution is 5.59. The molecule has 2 fully saturated rings. The maximum Gasteiger partial charge on any atom is 0.421 e. The van der Waals surface area contributed by atoms with Crippen molar-refractivity contribution in [2.45, 2.75) is 44.3 Å². The second kappa shape index (κ2) is 5.84. The van der Waals surface area contributed by atoms with Crippen molar-refractivity contribution in [3.8, 4) is 6.07 Å². The Morgan fingerprint density at radius 3 is 2.67 bits per heavy atom. The molecule has 2 N–H and O–H groups in total. The zero-order valence-corrected chi connectivity index (χ0v) is 14.8. The van der Waals surface area contributed by atoms with Crippen LogP contribution >= 0.6 is 0 Å². The van der Waals surface area contributed by atoms with Crippen LogP contribution in [0.4, 0.5) is 30.6 Å². The summed E-state index contributed by atoms with van der Waals surface area (Å²) in [5.41, 5.74) is 0.175. The highest BCUT2D eigenvalue weighted by Gasteiger charge is 2.53. The van der Waals surface area contributed by atoms with Gasteiger partial charge >= 0.3 is 6.18 Å². The maximum absolute atomic E-state index is 13.0. The van der Waals surface area contributed by atoms with E-state index in [0.717, 1.165) is 31.2 Å². The zero-order valence-electron chi connectivity index (χ0n) is 14.8. The Morgan fingerprint density at radius 2 is 2.11 bits per heavy atom. The van der Waals surface area contributed by atoms with Crippen LogP contribution in [-0.2, 0) is 6.18 Å². The standard InChI is InChI=1S/C17H18F3N7/c1-16(8-21)5-12(16)27-7-11(13(26-27)9-3-4-9)24-15-23-6-10(17(18,19)20)14(22-2)25-15/h6-7,9,12H,3-5H2,1-2H3,(H2,22,23,24,25)/t12-,16?/m0/s1. The van der Waals surface area contributed by atoms with Gasteiger partial charge in [0.05, 0.1) is 28.9 Å². The smallest absolute Gasteiger partial charge is 0.372 e. The van der Waals surface area contributed by atoms with Gasteiger partial charge in [0.1, 0.15) is 11.4 Å². The Balaban J connectivity index is 1.63.